The summed E-state index contributed by atoms with van der Waals surface area (Å²) < 4.78 is 41.7. The Kier molecular flexibility index (Phi) is 7.24. The highest BCUT2D eigenvalue weighted by Gasteiger charge is 2.54. The number of aromatic nitrogens is 3. The van der Waals surface area contributed by atoms with Crippen molar-refractivity contribution in [2.45, 2.75) is 18.9 Å². The molecule has 1 fully saturated rings. The molecule has 0 bridgehead atoms. The van der Waals surface area contributed by atoms with Crippen molar-refractivity contribution in [3.63, 3.8) is 0 Å². The van der Waals surface area contributed by atoms with Crippen molar-refractivity contribution < 1.29 is 42.7 Å². The lowest BCUT2D eigenvalue weighted by Crippen LogP contribution is -2.36. The molecule has 4 heterocycles. The SMILES string of the molecule is COc1cc([C@@H]2c3cc4c(cc3[C@H](OC(=O)c3nc(-c5c(Cl)cnn5C)c(C)s3)[C@H]3COC(=O)[C@@H]23)OCO4)cc(OC)c1OC. The van der Waals surface area contributed by atoms with E-state index >= 15 is 0 Å². The number of methoxy groups -OCH3 is 3. The summed E-state index contributed by atoms with van der Waals surface area (Å²) in [6.07, 6.45) is 0.683. The Bertz CT molecular complexity index is 1810. The van der Waals surface area contributed by atoms with Gasteiger partial charge < -0.3 is 33.2 Å². The molecule has 2 aliphatic heterocycles. The molecule has 3 aliphatic rings. The van der Waals surface area contributed by atoms with Gasteiger partial charge in [-0.05, 0) is 42.3 Å². The fourth-order valence-corrected chi connectivity index (χ4v) is 7.54. The standard InChI is InChI=1S/C31H28ClN3O9S/c1-13-25(26-18(32)10-33-35(26)2)34-29(45-13)31(37)44-27-16-9-20-19(42-12-43-20)8-15(16)23(24-17(27)11-41-30(24)36)14-6-21(38-3)28(40-5)22(7-14)39-4/h6-10,17,23-24,27H,11-12H2,1-5H3/t17-,23+,24+,27-/m0/s1. The lowest BCUT2D eigenvalue weighted by molar-refractivity contribution is -0.141. The normalized spacial score (nSPS) is 21.2. The quantitative estimate of drug-likeness (QED) is 0.247. The number of carbonyl (C=O) groups excluding carboxylic acids is 2. The number of benzene rings is 2. The highest BCUT2D eigenvalue weighted by molar-refractivity contribution is 7.13. The molecule has 0 amide bonds. The van der Waals surface area contributed by atoms with Crippen LogP contribution in [-0.2, 0) is 21.3 Å². The van der Waals surface area contributed by atoms with Gasteiger partial charge >= 0.3 is 11.9 Å². The molecule has 45 heavy (non-hydrogen) atoms. The van der Waals surface area contributed by atoms with Gasteiger partial charge in [-0.15, -0.1) is 11.3 Å². The minimum absolute atomic E-state index is 0.0458. The van der Waals surface area contributed by atoms with Crippen LogP contribution in [0.2, 0.25) is 5.02 Å². The van der Waals surface area contributed by atoms with Gasteiger partial charge in [-0.25, -0.2) is 9.78 Å². The van der Waals surface area contributed by atoms with E-state index < -0.39 is 35.8 Å². The average Bonchev–Trinajstić information content (AvgIpc) is 3.82. The molecule has 0 radical (unpaired) electrons. The zero-order valence-electron chi connectivity index (χ0n) is 24.9. The Labute approximate surface area is 266 Å². The van der Waals surface area contributed by atoms with Gasteiger partial charge in [0, 0.05) is 29.3 Å². The maximum absolute atomic E-state index is 13.8. The third kappa shape index (κ3) is 4.64. The smallest absolute Gasteiger partial charge is 0.368 e. The molecule has 4 atom stereocenters. The van der Waals surface area contributed by atoms with E-state index in [1.165, 1.54) is 38.9 Å². The van der Waals surface area contributed by atoms with Gasteiger partial charge in [0.25, 0.3) is 0 Å². The molecule has 7 rings (SSSR count). The Morgan fingerprint density at radius 2 is 1.71 bits per heavy atom. The van der Waals surface area contributed by atoms with E-state index in [9.17, 15) is 9.59 Å². The minimum Gasteiger partial charge on any atom is -0.493 e. The number of halogens is 1. The van der Waals surface area contributed by atoms with Gasteiger partial charge in [0.2, 0.25) is 17.6 Å². The molecule has 0 unspecified atom stereocenters. The van der Waals surface area contributed by atoms with E-state index in [2.05, 4.69) is 10.1 Å². The molecular formula is C31H28ClN3O9S. The van der Waals surface area contributed by atoms with Crippen LogP contribution in [0.25, 0.3) is 11.4 Å². The van der Waals surface area contributed by atoms with Crippen LogP contribution in [0.1, 0.15) is 43.4 Å². The molecule has 234 valence electrons. The lowest BCUT2D eigenvalue weighted by Gasteiger charge is -2.38. The maximum Gasteiger partial charge on any atom is 0.368 e. The molecule has 14 heteroatoms. The zero-order valence-corrected chi connectivity index (χ0v) is 26.5. The fourth-order valence-electron chi connectivity index (χ4n) is 6.49. The summed E-state index contributed by atoms with van der Waals surface area (Å²) in [4.78, 5) is 32.6. The molecule has 0 N–H and O–H groups in total. The van der Waals surface area contributed by atoms with Crippen molar-refractivity contribution in [3.8, 4) is 40.1 Å². The van der Waals surface area contributed by atoms with E-state index in [1.54, 1.807) is 11.7 Å². The fraction of sp³-hybridized carbons (Fsp3) is 0.355. The molecule has 0 spiro atoms. The van der Waals surface area contributed by atoms with E-state index in [0.29, 0.717) is 50.7 Å². The topological polar surface area (TPSA) is 129 Å². The summed E-state index contributed by atoms with van der Waals surface area (Å²) in [5.41, 5.74) is 3.28. The van der Waals surface area contributed by atoms with Gasteiger partial charge in [0.05, 0.1) is 45.1 Å². The third-order valence-corrected chi connectivity index (χ3v) is 9.72. The Morgan fingerprint density at radius 1 is 1.02 bits per heavy atom. The number of nitrogens with zero attached hydrogens (tertiary/aromatic N) is 3. The predicted octanol–water partition coefficient (Wildman–Crippen LogP) is 5.09. The second kappa shape index (κ2) is 11.1. The second-order valence-corrected chi connectivity index (χ2v) is 12.4. The number of hydrogen-bond acceptors (Lipinski definition) is 12. The molecule has 2 aromatic heterocycles. The monoisotopic (exact) mass is 653 g/mol. The lowest BCUT2D eigenvalue weighted by atomic mass is 9.66. The third-order valence-electron chi connectivity index (χ3n) is 8.49. The van der Waals surface area contributed by atoms with Crippen molar-refractivity contribution >= 4 is 34.9 Å². The summed E-state index contributed by atoms with van der Waals surface area (Å²) in [6, 6.07) is 7.29. The molecule has 4 aromatic rings. The van der Waals surface area contributed by atoms with Crippen molar-refractivity contribution in [2.24, 2.45) is 18.9 Å². The maximum atomic E-state index is 13.8. The van der Waals surface area contributed by atoms with Gasteiger partial charge in [-0.2, -0.15) is 5.10 Å². The second-order valence-electron chi connectivity index (χ2n) is 10.8. The van der Waals surface area contributed by atoms with Crippen LogP contribution in [-0.4, -0.2) is 61.4 Å². The van der Waals surface area contributed by atoms with E-state index in [-0.39, 0.29) is 18.4 Å². The number of thiazole rings is 1. The van der Waals surface area contributed by atoms with Gasteiger partial charge in [-0.1, -0.05) is 11.6 Å². The molecule has 2 aromatic carbocycles. The summed E-state index contributed by atoms with van der Waals surface area (Å²) in [6.45, 7) is 1.96. The molecule has 1 saturated heterocycles. The highest BCUT2D eigenvalue weighted by atomic mass is 35.5. The average molecular weight is 654 g/mol. The zero-order chi connectivity index (χ0) is 31.6. The number of esters is 2. The van der Waals surface area contributed by atoms with Crippen LogP contribution >= 0.6 is 22.9 Å². The first-order valence-electron chi connectivity index (χ1n) is 14.0. The van der Waals surface area contributed by atoms with E-state index in [1.807, 2.05) is 31.2 Å². The van der Waals surface area contributed by atoms with Crippen LogP contribution in [0.3, 0.4) is 0 Å². The number of carbonyl (C=O) groups is 2. The van der Waals surface area contributed by atoms with Crippen molar-refractivity contribution in [3.05, 3.63) is 62.1 Å². The largest absolute Gasteiger partial charge is 0.493 e. The van der Waals surface area contributed by atoms with Crippen LogP contribution in [0.4, 0.5) is 0 Å². The summed E-state index contributed by atoms with van der Waals surface area (Å²) in [5.74, 6) is -0.414. The number of cyclic esters (lactones) is 1. The summed E-state index contributed by atoms with van der Waals surface area (Å²) in [5, 5.41) is 4.75. The van der Waals surface area contributed by atoms with Gasteiger partial charge in [0.1, 0.15) is 17.5 Å². The molecule has 0 saturated carbocycles. The number of fused-ring (bicyclic) bond motifs is 3. The predicted molar refractivity (Wildman–Crippen MR) is 161 cm³/mol. The first kappa shape index (κ1) is 29.2. The Balaban J connectivity index is 1.33. The minimum atomic E-state index is -0.843. The van der Waals surface area contributed by atoms with Crippen molar-refractivity contribution in [2.75, 3.05) is 34.7 Å². The Morgan fingerprint density at radius 3 is 2.33 bits per heavy atom. The Hall–Kier alpha value is -4.49. The number of rotatable bonds is 7. The van der Waals surface area contributed by atoms with Crippen LogP contribution in [0, 0.1) is 18.8 Å². The molecule has 12 nitrogen and oxygen atoms in total. The van der Waals surface area contributed by atoms with E-state index in [0.717, 1.165) is 16.0 Å². The summed E-state index contributed by atoms with van der Waals surface area (Å²) in [7, 11) is 6.34. The first-order chi connectivity index (χ1) is 21.7. The number of hydrogen-bond donors (Lipinski definition) is 0. The van der Waals surface area contributed by atoms with Crippen molar-refractivity contribution in [1.82, 2.24) is 14.8 Å². The summed E-state index contributed by atoms with van der Waals surface area (Å²) >= 11 is 7.56. The molecular weight excluding hydrogens is 626 g/mol. The highest BCUT2D eigenvalue weighted by Crippen LogP contribution is 2.56. The number of aryl methyl sites for hydroxylation is 2. The van der Waals surface area contributed by atoms with Crippen molar-refractivity contribution in [1.29, 1.82) is 0 Å². The van der Waals surface area contributed by atoms with Crippen LogP contribution in [0.15, 0.2) is 30.5 Å². The van der Waals surface area contributed by atoms with Gasteiger partial charge in [0.15, 0.2) is 23.0 Å². The van der Waals surface area contributed by atoms with Gasteiger partial charge in [-0.3, -0.25) is 9.48 Å². The van der Waals surface area contributed by atoms with Crippen LogP contribution < -0.4 is 23.7 Å². The first-order valence-corrected chi connectivity index (χ1v) is 15.2. The molecule has 1 aliphatic carbocycles. The van der Waals surface area contributed by atoms with E-state index in [4.69, 9.17) is 44.8 Å². The number of ether oxygens (including phenoxy) is 7. The van der Waals surface area contributed by atoms with Crippen LogP contribution in [0.5, 0.6) is 28.7 Å².